The van der Waals surface area contributed by atoms with Gasteiger partial charge in [-0.3, -0.25) is 0 Å². The minimum absolute atomic E-state index is 0. The molecule has 1 heteroatoms. The standard InChI is InChI=1S/3C3H5.Pd/c3*1-3-2;/h3*3H,1-2H2;/q3*-1;. The molecular weight excluding hydrogens is 215 g/mol. The molecule has 0 saturated heterocycles. The van der Waals surface area contributed by atoms with E-state index in [1.807, 2.05) is 0 Å². The maximum atomic E-state index is 3.25. The van der Waals surface area contributed by atoms with Crippen molar-refractivity contribution in [2.45, 2.75) is 0 Å². The van der Waals surface area contributed by atoms with E-state index in [-0.39, 0.29) is 20.4 Å². The topological polar surface area (TPSA) is 0 Å². The second kappa shape index (κ2) is 76.7. The quantitative estimate of drug-likeness (QED) is 0.443. The van der Waals surface area contributed by atoms with Crippen molar-refractivity contribution < 1.29 is 20.4 Å². The van der Waals surface area contributed by atoms with Crippen molar-refractivity contribution in [3.05, 3.63) is 58.7 Å². The van der Waals surface area contributed by atoms with Gasteiger partial charge in [0.15, 0.2) is 0 Å². The summed E-state index contributed by atoms with van der Waals surface area (Å²) in [5.41, 5.74) is 0. The van der Waals surface area contributed by atoms with E-state index in [1.54, 1.807) is 0 Å². The molecule has 0 aliphatic rings. The van der Waals surface area contributed by atoms with Gasteiger partial charge in [-0.25, -0.2) is 58.7 Å². The van der Waals surface area contributed by atoms with Gasteiger partial charge in [0, 0.05) is 20.4 Å². The fraction of sp³-hybridized carbons (Fsp3) is 0. The molecule has 0 aromatic rings. The normalized spacial score (nSPS) is 3.60. The van der Waals surface area contributed by atoms with Crippen LogP contribution in [0.5, 0.6) is 0 Å². The van der Waals surface area contributed by atoms with E-state index >= 15 is 0 Å². The summed E-state index contributed by atoms with van der Waals surface area (Å²) in [7, 11) is 0. The van der Waals surface area contributed by atoms with E-state index < -0.39 is 0 Å². The summed E-state index contributed by atoms with van der Waals surface area (Å²) in [6, 6.07) is 0. The third-order valence-electron chi connectivity index (χ3n) is 0. The Kier molecular flexibility index (Phi) is 174. The average molecular weight is 230 g/mol. The van der Waals surface area contributed by atoms with Gasteiger partial charge in [-0.15, -0.1) is 0 Å². The van der Waals surface area contributed by atoms with E-state index in [1.165, 1.54) is 18.2 Å². The first-order valence-corrected chi connectivity index (χ1v) is 2.45. The molecule has 0 aromatic heterocycles. The summed E-state index contributed by atoms with van der Waals surface area (Å²) >= 11 is 0. The van der Waals surface area contributed by atoms with Crippen molar-refractivity contribution in [1.82, 2.24) is 0 Å². The van der Waals surface area contributed by atoms with Crippen LogP contribution in [0.2, 0.25) is 0 Å². The van der Waals surface area contributed by atoms with Crippen molar-refractivity contribution in [3.8, 4) is 0 Å². The zero-order valence-corrected chi connectivity index (χ0v) is 7.85. The molecule has 0 N–H and O–H groups in total. The number of hydrogen-bond donors (Lipinski definition) is 0. The Morgan fingerprint density at radius 1 is 0.700 bits per heavy atom. The van der Waals surface area contributed by atoms with Gasteiger partial charge in [0.05, 0.1) is 0 Å². The van der Waals surface area contributed by atoms with Crippen LogP contribution < -0.4 is 0 Å². The van der Waals surface area contributed by atoms with Crippen molar-refractivity contribution >= 4 is 0 Å². The predicted octanol–water partition coefficient (Wildman–Crippen LogP) is 3.02. The molecule has 0 spiro atoms. The largest absolute Gasteiger partial charge is 0.245 e. The van der Waals surface area contributed by atoms with E-state index in [0.29, 0.717) is 0 Å². The second-order valence-corrected chi connectivity index (χ2v) is 0.866. The summed E-state index contributed by atoms with van der Waals surface area (Å²) in [5, 5.41) is 0. The minimum Gasteiger partial charge on any atom is -0.245 e. The van der Waals surface area contributed by atoms with Gasteiger partial charge in [0.1, 0.15) is 0 Å². The molecule has 0 aliphatic heterocycles. The Morgan fingerprint density at radius 2 is 0.700 bits per heavy atom. The molecule has 0 atom stereocenters. The molecule has 0 heterocycles. The molecule has 10 heavy (non-hydrogen) atoms. The summed E-state index contributed by atoms with van der Waals surface area (Å²) < 4.78 is 0. The van der Waals surface area contributed by atoms with Crippen molar-refractivity contribution in [3.63, 3.8) is 0 Å². The minimum atomic E-state index is 0. The van der Waals surface area contributed by atoms with Crippen LogP contribution in [0.25, 0.3) is 0 Å². The van der Waals surface area contributed by atoms with Gasteiger partial charge in [-0.1, -0.05) is 0 Å². The average Bonchev–Trinajstić information content (AvgIpc) is 1.70. The molecule has 0 bridgehead atoms. The van der Waals surface area contributed by atoms with Gasteiger partial charge < -0.3 is 0 Å². The molecular formula is C9H15Pd-3. The van der Waals surface area contributed by atoms with Gasteiger partial charge in [0.2, 0.25) is 0 Å². The molecule has 0 unspecified atom stereocenters. The van der Waals surface area contributed by atoms with Crippen LogP contribution in [0.1, 0.15) is 0 Å². The third kappa shape index (κ3) is 1230. The molecule has 64 valence electrons. The molecule has 0 amide bonds. The first-order chi connectivity index (χ1) is 4.24. The van der Waals surface area contributed by atoms with Crippen molar-refractivity contribution in [1.29, 1.82) is 0 Å². The first-order valence-electron chi connectivity index (χ1n) is 2.45. The third-order valence-corrected chi connectivity index (χ3v) is 0. The molecule has 0 rings (SSSR count). The zero-order chi connectivity index (χ0) is 8.12. The van der Waals surface area contributed by atoms with Crippen molar-refractivity contribution in [2.24, 2.45) is 0 Å². The summed E-state index contributed by atoms with van der Waals surface area (Å²) in [5.74, 6) is 0. The zero-order valence-electron chi connectivity index (χ0n) is 6.29. The molecule has 0 saturated carbocycles. The summed E-state index contributed by atoms with van der Waals surface area (Å²) in [6.07, 6.45) is 4.50. The molecule has 0 aliphatic carbocycles. The molecule has 0 fully saturated rings. The number of allylic oxidation sites excluding steroid dienone is 3. The van der Waals surface area contributed by atoms with E-state index in [2.05, 4.69) is 40.5 Å². The fourth-order valence-corrected chi connectivity index (χ4v) is 0. The Labute approximate surface area is 79.4 Å². The van der Waals surface area contributed by atoms with Crippen LogP contribution in [0.15, 0.2) is 38.0 Å². The van der Waals surface area contributed by atoms with E-state index in [0.717, 1.165) is 0 Å². The van der Waals surface area contributed by atoms with Crippen LogP contribution in [0.3, 0.4) is 0 Å². The van der Waals surface area contributed by atoms with Crippen LogP contribution in [0.4, 0.5) is 0 Å². The summed E-state index contributed by atoms with van der Waals surface area (Å²) in [6.45, 7) is 19.5. The predicted molar refractivity (Wildman–Crippen MR) is 46.7 cm³/mol. The van der Waals surface area contributed by atoms with Crippen molar-refractivity contribution in [2.75, 3.05) is 0 Å². The van der Waals surface area contributed by atoms with Crippen LogP contribution in [-0.4, -0.2) is 0 Å². The Hall–Kier alpha value is -0.508. The van der Waals surface area contributed by atoms with Gasteiger partial charge >= 0.3 is 0 Å². The molecule has 0 radical (unpaired) electrons. The smallest absolute Gasteiger partial charge is 0 e. The van der Waals surface area contributed by atoms with Crippen LogP contribution >= 0.6 is 0 Å². The van der Waals surface area contributed by atoms with Gasteiger partial charge in [0.25, 0.3) is 0 Å². The number of hydrogen-bond acceptors (Lipinski definition) is 0. The van der Waals surface area contributed by atoms with Crippen LogP contribution in [0, 0.1) is 20.8 Å². The Balaban J connectivity index is -0.0000000257. The fourth-order valence-electron chi connectivity index (χ4n) is 0. The number of rotatable bonds is 0. The maximum Gasteiger partial charge on any atom is 0 e. The monoisotopic (exact) mass is 229 g/mol. The molecule has 0 aromatic carbocycles. The maximum absolute atomic E-state index is 3.25. The van der Waals surface area contributed by atoms with E-state index in [9.17, 15) is 0 Å². The summed E-state index contributed by atoms with van der Waals surface area (Å²) in [4.78, 5) is 0. The molecule has 0 nitrogen and oxygen atoms in total. The first kappa shape index (κ1) is 22.7. The second-order valence-electron chi connectivity index (χ2n) is 0.866. The Morgan fingerprint density at radius 3 is 0.700 bits per heavy atom. The van der Waals surface area contributed by atoms with E-state index in [4.69, 9.17) is 0 Å². The Bertz CT molecular complexity index is 41.5. The van der Waals surface area contributed by atoms with Crippen LogP contribution in [-0.2, 0) is 20.4 Å². The SMILES string of the molecule is C=C[CH2-].C=C[CH2-].C=C[CH2-].[Pd]. The van der Waals surface area contributed by atoms with Gasteiger partial charge in [-0.2, -0.15) is 0 Å². The van der Waals surface area contributed by atoms with Gasteiger partial charge in [-0.05, 0) is 0 Å².